The van der Waals surface area contributed by atoms with Crippen molar-refractivity contribution < 1.29 is 9.59 Å². The number of rotatable bonds is 6. The third kappa shape index (κ3) is 4.90. The van der Waals surface area contributed by atoms with Crippen LogP contribution in [-0.2, 0) is 11.3 Å². The summed E-state index contributed by atoms with van der Waals surface area (Å²) in [6.07, 6.45) is 6.91. The lowest BCUT2D eigenvalue weighted by Crippen LogP contribution is -2.35. The van der Waals surface area contributed by atoms with Gasteiger partial charge in [0.05, 0.1) is 5.56 Å². The van der Waals surface area contributed by atoms with Gasteiger partial charge in [-0.05, 0) is 24.8 Å². The van der Waals surface area contributed by atoms with E-state index in [2.05, 4.69) is 29.8 Å². The molecule has 5 nitrogen and oxygen atoms in total. The van der Waals surface area contributed by atoms with E-state index in [1.54, 1.807) is 0 Å². The molecule has 27 heavy (non-hydrogen) atoms. The highest BCUT2D eigenvalue weighted by atomic mass is 16.2. The van der Waals surface area contributed by atoms with E-state index in [0.29, 0.717) is 24.4 Å². The van der Waals surface area contributed by atoms with Crippen molar-refractivity contribution in [3.8, 4) is 0 Å². The average molecular weight is 370 g/mol. The van der Waals surface area contributed by atoms with Crippen LogP contribution < -0.4 is 5.32 Å². The Bertz CT molecular complexity index is 786. The summed E-state index contributed by atoms with van der Waals surface area (Å²) in [5, 5.41) is 3.91. The lowest BCUT2D eigenvalue weighted by Gasteiger charge is -2.20. The highest BCUT2D eigenvalue weighted by Gasteiger charge is 2.17. The Kier molecular flexibility index (Phi) is 6.54. The van der Waals surface area contributed by atoms with Crippen molar-refractivity contribution in [2.45, 2.75) is 52.5 Å². The quantitative estimate of drug-likeness (QED) is 0.841. The Morgan fingerprint density at radius 2 is 1.78 bits per heavy atom. The zero-order valence-electron chi connectivity index (χ0n) is 16.5. The minimum atomic E-state index is -0.0997. The van der Waals surface area contributed by atoms with Gasteiger partial charge < -0.3 is 14.8 Å². The van der Waals surface area contributed by atoms with E-state index in [4.69, 9.17) is 0 Å². The zero-order valence-corrected chi connectivity index (χ0v) is 16.5. The Labute approximate surface area is 161 Å². The summed E-state index contributed by atoms with van der Waals surface area (Å²) in [5.74, 6) is 0.555. The van der Waals surface area contributed by atoms with Crippen LogP contribution in [0, 0.1) is 5.92 Å². The Balaban J connectivity index is 1.61. The molecular formula is C22H31N3O2. The molecule has 0 saturated carbocycles. The molecule has 0 atom stereocenters. The van der Waals surface area contributed by atoms with Crippen molar-refractivity contribution in [1.82, 2.24) is 14.8 Å². The number of nitrogens with zero attached hydrogens (tertiary/aromatic N) is 2. The van der Waals surface area contributed by atoms with Gasteiger partial charge in [0.15, 0.2) is 0 Å². The molecule has 0 spiro atoms. The van der Waals surface area contributed by atoms with E-state index in [0.717, 1.165) is 43.4 Å². The van der Waals surface area contributed by atoms with Gasteiger partial charge >= 0.3 is 0 Å². The maximum atomic E-state index is 12.7. The molecule has 1 saturated heterocycles. The number of likely N-dealkylation sites (tertiary alicyclic amines) is 1. The second kappa shape index (κ2) is 9.07. The van der Waals surface area contributed by atoms with Crippen molar-refractivity contribution in [2.24, 2.45) is 5.92 Å². The summed E-state index contributed by atoms with van der Waals surface area (Å²) < 4.78 is 2.15. The number of para-hydroxylation sites is 1. The second-order valence-electron chi connectivity index (χ2n) is 7.91. The van der Waals surface area contributed by atoms with Crippen LogP contribution in [0.1, 0.15) is 56.3 Å². The monoisotopic (exact) mass is 369 g/mol. The van der Waals surface area contributed by atoms with Crippen molar-refractivity contribution in [1.29, 1.82) is 0 Å². The largest absolute Gasteiger partial charge is 0.351 e. The third-order valence-corrected chi connectivity index (χ3v) is 5.18. The van der Waals surface area contributed by atoms with Crippen molar-refractivity contribution in [3.63, 3.8) is 0 Å². The number of hydrogen-bond donors (Lipinski definition) is 1. The summed E-state index contributed by atoms with van der Waals surface area (Å²) in [6.45, 7) is 7.32. The van der Waals surface area contributed by atoms with E-state index in [-0.39, 0.29) is 11.8 Å². The molecule has 1 aromatic heterocycles. The second-order valence-corrected chi connectivity index (χ2v) is 7.91. The molecule has 1 N–H and O–H groups in total. The molecule has 1 aliphatic heterocycles. The number of fused-ring (bicyclic) bond motifs is 1. The summed E-state index contributed by atoms with van der Waals surface area (Å²) in [6, 6.07) is 8.00. The fourth-order valence-corrected chi connectivity index (χ4v) is 3.83. The van der Waals surface area contributed by atoms with Gasteiger partial charge in [-0.15, -0.1) is 0 Å². The van der Waals surface area contributed by atoms with Gasteiger partial charge in [0.2, 0.25) is 5.91 Å². The molecule has 1 aliphatic rings. The van der Waals surface area contributed by atoms with Crippen LogP contribution in [0.3, 0.4) is 0 Å². The van der Waals surface area contributed by atoms with Crippen molar-refractivity contribution in [2.75, 3.05) is 19.6 Å². The SMILES string of the molecule is CC(C)Cn1cc(C(=O)NCCC(=O)N2CCCCCC2)c2ccccc21. The lowest BCUT2D eigenvalue weighted by molar-refractivity contribution is -0.131. The van der Waals surface area contributed by atoms with E-state index < -0.39 is 0 Å². The van der Waals surface area contributed by atoms with Gasteiger partial charge in [-0.2, -0.15) is 0 Å². The number of nitrogens with one attached hydrogen (secondary N) is 1. The molecule has 2 heterocycles. The van der Waals surface area contributed by atoms with Crippen LogP contribution in [0.4, 0.5) is 0 Å². The van der Waals surface area contributed by atoms with E-state index in [1.165, 1.54) is 12.8 Å². The topological polar surface area (TPSA) is 54.3 Å². The van der Waals surface area contributed by atoms with Crippen molar-refractivity contribution >= 4 is 22.7 Å². The summed E-state index contributed by atoms with van der Waals surface area (Å²) >= 11 is 0. The fraction of sp³-hybridized carbons (Fsp3) is 0.545. The van der Waals surface area contributed by atoms with Gasteiger partial charge in [-0.3, -0.25) is 9.59 Å². The minimum absolute atomic E-state index is 0.0997. The molecule has 1 fully saturated rings. The maximum Gasteiger partial charge on any atom is 0.253 e. The highest BCUT2D eigenvalue weighted by molar-refractivity contribution is 6.07. The smallest absolute Gasteiger partial charge is 0.253 e. The molecule has 2 amide bonds. The maximum absolute atomic E-state index is 12.7. The van der Waals surface area contributed by atoms with Gasteiger partial charge in [0.1, 0.15) is 0 Å². The minimum Gasteiger partial charge on any atom is -0.351 e. The van der Waals surface area contributed by atoms with Crippen LogP contribution in [0.5, 0.6) is 0 Å². The predicted octanol–water partition coefficient (Wildman–Crippen LogP) is 3.82. The van der Waals surface area contributed by atoms with Crippen LogP contribution in [0.25, 0.3) is 10.9 Å². The van der Waals surface area contributed by atoms with Crippen LogP contribution in [0.2, 0.25) is 0 Å². The number of carbonyl (C=O) groups is 2. The van der Waals surface area contributed by atoms with E-state index in [1.807, 2.05) is 29.3 Å². The molecule has 0 unspecified atom stereocenters. The third-order valence-electron chi connectivity index (χ3n) is 5.18. The summed E-state index contributed by atoms with van der Waals surface area (Å²) in [4.78, 5) is 27.1. The molecule has 5 heteroatoms. The van der Waals surface area contributed by atoms with Gasteiger partial charge in [-0.1, -0.05) is 44.9 Å². The number of amides is 2. The molecule has 0 bridgehead atoms. The summed E-state index contributed by atoms with van der Waals surface area (Å²) in [5.41, 5.74) is 1.77. The number of hydrogen-bond acceptors (Lipinski definition) is 2. The molecule has 0 radical (unpaired) electrons. The Morgan fingerprint density at radius 3 is 2.48 bits per heavy atom. The molecule has 146 valence electrons. The number of benzene rings is 1. The summed E-state index contributed by atoms with van der Waals surface area (Å²) in [7, 11) is 0. The first-order valence-electron chi connectivity index (χ1n) is 10.2. The molecular weight excluding hydrogens is 338 g/mol. The molecule has 3 rings (SSSR count). The standard InChI is InChI=1S/C22H31N3O2/c1-17(2)15-25-16-19(18-9-5-6-10-20(18)25)22(27)23-12-11-21(26)24-13-7-3-4-8-14-24/h5-6,9-10,16-17H,3-4,7-8,11-15H2,1-2H3,(H,23,27). The number of carbonyl (C=O) groups excluding carboxylic acids is 2. The van der Waals surface area contributed by atoms with Crippen LogP contribution in [0.15, 0.2) is 30.5 Å². The van der Waals surface area contributed by atoms with Gasteiger partial charge in [0.25, 0.3) is 5.91 Å². The molecule has 2 aromatic rings. The Morgan fingerprint density at radius 1 is 1.07 bits per heavy atom. The molecule has 0 aliphatic carbocycles. The van der Waals surface area contributed by atoms with Crippen LogP contribution in [-0.4, -0.2) is 40.9 Å². The number of aromatic nitrogens is 1. The first-order valence-corrected chi connectivity index (χ1v) is 10.2. The van der Waals surface area contributed by atoms with Crippen LogP contribution >= 0.6 is 0 Å². The average Bonchev–Trinajstić information content (AvgIpc) is 2.83. The fourth-order valence-electron chi connectivity index (χ4n) is 3.83. The van der Waals surface area contributed by atoms with Gasteiger partial charge in [-0.25, -0.2) is 0 Å². The highest BCUT2D eigenvalue weighted by Crippen LogP contribution is 2.22. The normalized spacial score (nSPS) is 15.1. The lowest BCUT2D eigenvalue weighted by atomic mass is 10.1. The van der Waals surface area contributed by atoms with Crippen molar-refractivity contribution in [3.05, 3.63) is 36.0 Å². The zero-order chi connectivity index (χ0) is 19.2. The first-order chi connectivity index (χ1) is 13.1. The van der Waals surface area contributed by atoms with Gasteiger partial charge in [0, 0.05) is 49.7 Å². The predicted molar refractivity (Wildman–Crippen MR) is 109 cm³/mol. The van der Waals surface area contributed by atoms with E-state index >= 15 is 0 Å². The first kappa shape index (κ1) is 19.5. The van der Waals surface area contributed by atoms with E-state index in [9.17, 15) is 9.59 Å². The Hall–Kier alpha value is -2.30. The molecule has 1 aromatic carbocycles.